The van der Waals surface area contributed by atoms with E-state index in [2.05, 4.69) is 20.4 Å². The minimum Gasteiger partial charge on any atom is -0.250 e. The first-order valence-electron chi connectivity index (χ1n) is 8.22. The summed E-state index contributed by atoms with van der Waals surface area (Å²) in [4.78, 5) is 0. The summed E-state index contributed by atoms with van der Waals surface area (Å²) in [6, 6.07) is 7.64. The standard InChI is InChI=1S/C17H16Cl2N6S/c1-10-13(8-20-25-16(11-6-7-11)21-22-17(25)26)15(19)24(23-10)9-12-4-2-3-5-14(12)18/h2-5,8,11H,6-7,9H2,1H3,(H,22,26)/b20-8-. The van der Waals surface area contributed by atoms with Crippen molar-refractivity contribution in [1.82, 2.24) is 24.7 Å². The molecule has 6 nitrogen and oxygen atoms in total. The lowest BCUT2D eigenvalue weighted by Gasteiger charge is -2.05. The van der Waals surface area contributed by atoms with Crippen LogP contribution >= 0.6 is 35.4 Å². The Kier molecular flexibility index (Phi) is 4.69. The molecular formula is C17H16Cl2N6S. The summed E-state index contributed by atoms with van der Waals surface area (Å²) in [5, 5.41) is 17.3. The molecule has 0 unspecified atom stereocenters. The van der Waals surface area contributed by atoms with Crippen molar-refractivity contribution in [1.29, 1.82) is 0 Å². The van der Waals surface area contributed by atoms with Gasteiger partial charge in [0.2, 0.25) is 4.77 Å². The fourth-order valence-corrected chi connectivity index (χ4v) is 3.41. The van der Waals surface area contributed by atoms with Gasteiger partial charge in [0, 0.05) is 10.9 Å². The molecule has 134 valence electrons. The first kappa shape index (κ1) is 17.5. The van der Waals surface area contributed by atoms with Crippen molar-refractivity contribution in [3.8, 4) is 0 Å². The summed E-state index contributed by atoms with van der Waals surface area (Å²) >= 11 is 18.0. The Hall–Kier alpha value is -1.96. The zero-order valence-corrected chi connectivity index (χ0v) is 16.3. The van der Waals surface area contributed by atoms with Crippen LogP contribution in [-0.4, -0.2) is 30.9 Å². The molecule has 1 fully saturated rings. The Labute approximate surface area is 165 Å². The van der Waals surface area contributed by atoms with E-state index in [-0.39, 0.29) is 0 Å². The fraction of sp³-hybridized carbons (Fsp3) is 0.294. The summed E-state index contributed by atoms with van der Waals surface area (Å²) in [6.07, 6.45) is 3.92. The van der Waals surface area contributed by atoms with Gasteiger partial charge in [0.25, 0.3) is 0 Å². The number of benzene rings is 1. The van der Waals surface area contributed by atoms with Gasteiger partial charge in [0.1, 0.15) is 5.15 Å². The van der Waals surface area contributed by atoms with Crippen LogP contribution in [0, 0.1) is 11.7 Å². The predicted octanol–water partition coefficient (Wildman–Crippen LogP) is 4.56. The lowest BCUT2D eigenvalue weighted by atomic mass is 10.2. The van der Waals surface area contributed by atoms with Crippen LogP contribution in [0.5, 0.6) is 0 Å². The Morgan fingerprint density at radius 2 is 2.12 bits per heavy atom. The van der Waals surface area contributed by atoms with Crippen LogP contribution in [0.3, 0.4) is 0 Å². The minimum atomic E-state index is 0.430. The molecule has 1 aliphatic carbocycles. The molecule has 9 heteroatoms. The monoisotopic (exact) mass is 406 g/mol. The molecule has 2 heterocycles. The van der Waals surface area contributed by atoms with E-state index in [1.165, 1.54) is 0 Å². The van der Waals surface area contributed by atoms with Crippen LogP contribution in [-0.2, 0) is 6.54 Å². The molecule has 1 saturated carbocycles. The van der Waals surface area contributed by atoms with Gasteiger partial charge in [0.15, 0.2) is 5.82 Å². The minimum absolute atomic E-state index is 0.430. The molecule has 0 radical (unpaired) electrons. The molecule has 1 aromatic carbocycles. The van der Waals surface area contributed by atoms with Crippen molar-refractivity contribution < 1.29 is 0 Å². The zero-order chi connectivity index (χ0) is 18.3. The highest BCUT2D eigenvalue weighted by Gasteiger charge is 2.29. The zero-order valence-electron chi connectivity index (χ0n) is 14.0. The van der Waals surface area contributed by atoms with Crippen LogP contribution in [0.1, 0.15) is 41.4 Å². The van der Waals surface area contributed by atoms with E-state index in [1.54, 1.807) is 15.6 Å². The van der Waals surface area contributed by atoms with Gasteiger partial charge < -0.3 is 0 Å². The second-order valence-corrected chi connectivity index (χ2v) is 7.41. The lowest BCUT2D eigenvalue weighted by Crippen LogP contribution is -2.02. The van der Waals surface area contributed by atoms with Crippen LogP contribution in [0.25, 0.3) is 0 Å². The molecule has 0 bridgehead atoms. The number of aromatic nitrogens is 5. The molecule has 0 saturated heterocycles. The second-order valence-electron chi connectivity index (χ2n) is 6.26. The third-order valence-electron chi connectivity index (χ3n) is 4.31. The van der Waals surface area contributed by atoms with Crippen molar-refractivity contribution in [2.24, 2.45) is 5.10 Å². The summed E-state index contributed by atoms with van der Waals surface area (Å²) in [5.74, 6) is 1.29. The number of nitrogens with one attached hydrogen (secondary N) is 1. The van der Waals surface area contributed by atoms with E-state index in [1.807, 2.05) is 31.2 Å². The Morgan fingerprint density at radius 3 is 2.85 bits per heavy atom. The highest BCUT2D eigenvalue weighted by molar-refractivity contribution is 7.71. The molecule has 1 aliphatic rings. The van der Waals surface area contributed by atoms with Crippen molar-refractivity contribution in [3.63, 3.8) is 0 Å². The number of hydrogen-bond acceptors (Lipinski definition) is 4. The van der Waals surface area contributed by atoms with E-state index in [0.29, 0.717) is 27.4 Å². The summed E-state index contributed by atoms with van der Waals surface area (Å²) < 4.78 is 3.85. The Morgan fingerprint density at radius 1 is 1.35 bits per heavy atom. The SMILES string of the molecule is Cc1nn(Cc2ccccc2Cl)c(Cl)c1/C=N\n1c(C2CC2)n[nH]c1=S. The number of hydrogen-bond donors (Lipinski definition) is 1. The van der Waals surface area contributed by atoms with Crippen molar-refractivity contribution in [2.45, 2.75) is 32.2 Å². The van der Waals surface area contributed by atoms with Gasteiger partial charge in [-0.1, -0.05) is 41.4 Å². The average molecular weight is 407 g/mol. The molecule has 0 spiro atoms. The van der Waals surface area contributed by atoms with Crippen LogP contribution < -0.4 is 0 Å². The molecule has 2 aromatic heterocycles. The lowest BCUT2D eigenvalue weighted by molar-refractivity contribution is 0.680. The topological polar surface area (TPSA) is 63.8 Å². The molecule has 26 heavy (non-hydrogen) atoms. The number of aryl methyl sites for hydroxylation is 1. The summed E-state index contributed by atoms with van der Waals surface area (Å²) in [7, 11) is 0. The van der Waals surface area contributed by atoms with Gasteiger partial charge in [0.05, 0.1) is 24.0 Å². The van der Waals surface area contributed by atoms with E-state index in [9.17, 15) is 0 Å². The average Bonchev–Trinajstić information content (AvgIpc) is 3.34. The van der Waals surface area contributed by atoms with Crippen molar-refractivity contribution >= 4 is 41.6 Å². The van der Waals surface area contributed by atoms with E-state index in [0.717, 1.165) is 35.5 Å². The van der Waals surface area contributed by atoms with Crippen molar-refractivity contribution in [3.05, 3.63) is 61.9 Å². The molecule has 3 aromatic rings. The van der Waals surface area contributed by atoms with Gasteiger partial charge in [-0.25, -0.2) is 4.68 Å². The first-order valence-corrected chi connectivity index (χ1v) is 9.39. The van der Waals surface area contributed by atoms with Crippen LogP contribution in [0.2, 0.25) is 10.2 Å². The summed E-state index contributed by atoms with van der Waals surface area (Å²) in [5.41, 5.74) is 2.49. The summed E-state index contributed by atoms with van der Waals surface area (Å²) in [6.45, 7) is 2.39. The smallest absolute Gasteiger partial charge is 0.216 e. The number of halogens is 2. The molecule has 4 rings (SSSR count). The largest absolute Gasteiger partial charge is 0.250 e. The quantitative estimate of drug-likeness (QED) is 0.498. The fourth-order valence-electron chi connectivity index (χ4n) is 2.74. The Balaban J connectivity index is 1.64. The maximum atomic E-state index is 6.53. The van der Waals surface area contributed by atoms with E-state index < -0.39 is 0 Å². The van der Waals surface area contributed by atoms with E-state index >= 15 is 0 Å². The first-order chi connectivity index (χ1) is 12.5. The number of aromatic amines is 1. The van der Waals surface area contributed by atoms with Crippen LogP contribution in [0.15, 0.2) is 29.4 Å². The van der Waals surface area contributed by atoms with Gasteiger partial charge >= 0.3 is 0 Å². The number of H-pyrrole nitrogens is 1. The van der Waals surface area contributed by atoms with Gasteiger partial charge in [-0.15, -0.1) is 0 Å². The van der Waals surface area contributed by atoms with Gasteiger partial charge in [-0.05, 0) is 43.6 Å². The normalized spacial score (nSPS) is 14.4. The highest BCUT2D eigenvalue weighted by atomic mass is 35.5. The molecule has 1 N–H and O–H groups in total. The third kappa shape index (κ3) is 3.34. The van der Waals surface area contributed by atoms with E-state index in [4.69, 9.17) is 35.4 Å². The van der Waals surface area contributed by atoms with Gasteiger partial charge in [-0.3, -0.25) is 5.10 Å². The second kappa shape index (κ2) is 6.98. The third-order valence-corrected chi connectivity index (χ3v) is 5.34. The Bertz CT molecular complexity index is 1040. The van der Waals surface area contributed by atoms with Crippen molar-refractivity contribution in [2.75, 3.05) is 0 Å². The number of nitrogens with zero attached hydrogens (tertiary/aromatic N) is 5. The number of rotatable bonds is 5. The molecule has 0 amide bonds. The van der Waals surface area contributed by atoms with Gasteiger partial charge in [-0.2, -0.15) is 20.0 Å². The molecule has 0 aliphatic heterocycles. The maximum absolute atomic E-state index is 6.53. The highest BCUT2D eigenvalue weighted by Crippen LogP contribution is 2.38. The molecule has 0 atom stereocenters. The molecular weight excluding hydrogens is 391 g/mol. The van der Waals surface area contributed by atoms with Crippen LogP contribution in [0.4, 0.5) is 0 Å². The maximum Gasteiger partial charge on any atom is 0.216 e. The predicted molar refractivity (Wildman–Crippen MR) is 105 cm³/mol.